The second-order valence-electron chi connectivity index (χ2n) is 10.6. The zero-order valence-corrected chi connectivity index (χ0v) is 23.0. The number of hydrogen-bond donors (Lipinski definition) is 4. The number of carbonyl (C=O) groups is 5. The van der Waals surface area contributed by atoms with Crippen molar-refractivity contribution in [1.82, 2.24) is 30.8 Å². The van der Waals surface area contributed by atoms with Gasteiger partial charge in [-0.15, -0.1) is 0 Å². The summed E-state index contributed by atoms with van der Waals surface area (Å²) in [6.07, 6.45) is 3.15. The molecule has 1 heterocycles. The van der Waals surface area contributed by atoms with E-state index in [1.54, 1.807) is 89.1 Å². The first-order valence-electron chi connectivity index (χ1n) is 12.5. The summed E-state index contributed by atoms with van der Waals surface area (Å²) < 4.78 is 1.71. The van der Waals surface area contributed by atoms with Gasteiger partial charge in [0.25, 0.3) is 11.8 Å². The largest absolute Gasteiger partial charge is 0.344 e. The van der Waals surface area contributed by atoms with Crippen LogP contribution in [-0.2, 0) is 32.8 Å². The number of amides is 4. The Bertz CT molecular complexity index is 1150. The summed E-state index contributed by atoms with van der Waals surface area (Å²) in [5, 5.41) is 10.5. The molecule has 2 aromatic rings. The molecule has 0 spiro atoms. The quantitative estimate of drug-likeness (QED) is 0.322. The van der Waals surface area contributed by atoms with Crippen LogP contribution in [0, 0.1) is 11.3 Å². The molecule has 4 N–H and O–H groups in total. The number of Topliss-reactive ketones (excluding diaryl/α,β-unsaturated/α-hetero) is 1. The molecule has 11 heteroatoms. The highest BCUT2D eigenvalue weighted by atomic mass is 16.2. The zero-order chi connectivity index (χ0) is 28.6. The monoisotopic (exact) mass is 526 g/mol. The summed E-state index contributed by atoms with van der Waals surface area (Å²) in [5.74, 6) is -3.61. The van der Waals surface area contributed by atoms with E-state index in [1.165, 1.54) is 6.92 Å². The van der Waals surface area contributed by atoms with Crippen LogP contribution in [0.5, 0.6) is 0 Å². The molecule has 0 fully saturated rings. The molecule has 1 aromatic heterocycles. The molecule has 0 aliphatic heterocycles. The molecule has 11 nitrogen and oxygen atoms in total. The van der Waals surface area contributed by atoms with Crippen LogP contribution in [0.2, 0.25) is 0 Å². The van der Waals surface area contributed by atoms with Crippen LogP contribution in [0.3, 0.4) is 0 Å². The van der Waals surface area contributed by atoms with Gasteiger partial charge in [-0.05, 0) is 30.4 Å². The molecule has 0 bridgehead atoms. The first-order chi connectivity index (χ1) is 17.7. The molecule has 38 heavy (non-hydrogen) atoms. The molecule has 0 saturated heterocycles. The fourth-order valence-corrected chi connectivity index (χ4v) is 3.61. The molecular formula is C27H38N6O5. The van der Waals surface area contributed by atoms with Gasteiger partial charge in [0.15, 0.2) is 0 Å². The van der Waals surface area contributed by atoms with Crippen molar-refractivity contribution in [3.63, 3.8) is 0 Å². The molecule has 1 aromatic carbocycles. The van der Waals surface area contributed by atoms with Crippen LogP contribution in [0.15, 0.2) is 42.9 Å². The molecule has 3 unspecified atom stereocenters. The number of imidazole rings is 1. The number of nitrogens with one attached hydrogen (secondary N) is 4. The Hall–Kier alpha value is -4.02. The van der Waals surface area contributed by atoms with Gasteiger partial charge in [-0.3, -0.25) is 24.0 Å². The third-order valence-electron chi connectivity index (χ3n) is 6.01. The highest BCUT2D eigenvalue weighted by Crippen LogP contribution is 2.20. The second kappa shape index (κ2) is 13.0. The van der Waals surface area contributed by atoms with E-state index in [-0.39, 0.29) is 12.5 Å². The van der Waals surface area contributed by atoms with E-state index in [9.17, 15) is 24.0 Å². The molecule has 0 aliphatic carbocycles. The number of ketones is 1. The van der Waals surface area contributed by atoms with Crippen LogP contribution in [0.25, 0.3) is 0 Å². The smallest absolute Gasteiger partial charge is 0.289 e. The number of rotatable bonds is 11. The van der Waals surface area contributed by atoms with Gasteiger partial charge in [0.1, 0.15) is 12.1 Å². The fourth-order valence-electron chi connectivity index (χ4n) is 3.61. The van der Waals surface area contributed by atoms with E-state index in [4.69, 9.17) is 0 Å². The average Bonchev–Trinajstić information content (AvgIpc) is 3.27. The first kappa shape index (κ1) is 30.2. The lowest BCUT2D eigenvalue weighted by atomic mass is 9.85. The van der Waals surface area contributed by atoms with E-state index in [0.717, 1.165) is 0 Å². The van der Waals surface area contributed by atoms with Crippen LogP contribution < -0.4 is 21.3 Å². The number of aryl methyl sites for hydroxylation is 1. The maximum Gasteiger partial charge on any atom is 0.289 e. The number of hydrogen-bond acceptors (Lipinski definition) is 6. The fraction of sp³-hybridized carbons (Fsp3) is 0.481. The van der Waals surface area contributed by atoms with E-state index >= 15 is 0 Å². The first-order valence-corrected chi connectivity index (χ1v) is 12.5. The van der Waals surface area contributed by atoms with E-state index in [1.807, 2.05) is 0 Å². The van der Waals surface area contributed by atoms with Gasteiger partial charge in [-0.25, -0.2) is 4.98 Å². The third kappa shape index (κ3) is 8.25. The Morgan fingerprint density at radius 2 is 1.55 bits per heavy atom. The molecule has 206 valence electrons. The van der Waals surface area contributed by atoms with Crippen molar-refractivity contribution in [2.75, 3.05) is 0 Å². The van der Waals surface area contributed by atoms with Gasteiger partial charge in [0.2, 0.25) is 17.6 Å². The maximum atomic E-state index is 13.1. The predicted molar refractivity (Wildman–Crippen MR) is 142 cm³/mol. The lowest BCUT2D eigenvalue weighted by Crippen LogP contribution is -2.59. The molecule has 4 amide bonds. The Balaban J connectivity index is 2.03. The van der Waals surface area contributed by atoms with E-state index < -0.39 is 53.0 Å². The van der Waals surface area contributed by atoms with Crippen molar-refractivity contribution < 1.29 is 24.0 Å². The minimum absolute atomic E-state index is 0.106. The molecule has 2 rings (SSSR count). The maximum absolute atomic E-state index is 13.1. The van der Waals surface area contributed by atoms with E-state index in [0.29, 0.717) is 11.3 Å². The molecular weight excluding hydrogens is 488 g/mol. The lowest BCUT2D eigenvalue weighted by molar-refractivity contribution is -0.141. The highest BCUT2D eigenvalue weighted by molar-refractivity contribution is 6.38. The Labute approximate surface area is 223 Å². The molecule has 0 saturated carbocycles. The standard InChI is InChI=1S/C27H38N6O5/c1-16(2)20(21(34)25(37)29-14-19-13-28-15-33(19)7)31-23(35)17(3)30-26(38)22(27(4,5)6)32-24(36)18-11-9-8-10-12-18/h8-13,15-17,20,22H,14H2,1-7H3,(H,29,37)(H,30,38)(H,31,35)(H,32,36). The van der Waals surface area contributed by atoms with Crippen molar-refractivity contribution in [1.29, 1.82) is 0 Å². The van der Waals surface area contributed by atoms with Gasteiger partial charge < -0.3 is 25.8 Å². The predicted octanol–water partition coefficient (Wildman–Crippen LogP) is 1.10. The number of benzene rings is 1. The van der Waals surface area contributed by atoms with Gasteiger partial charge in [0.05, 0.1) is 24.6 Å². The Kier molecular flexibility index (Phi) is 10.3. The van der Waals surface area contributed by atoms with Crippen molar-refractivity contribution in [2.45, 2.75) is 66.2 Å². The number of nitrogens with zero attached hydrogens (tertiary/aromatic N) is 2. The van der Waals surface area contributed by atoms with Crippen molar-refractivity contribution in [3.05, 3.63) is 54.1 Å². The van der Waals surface area contributed by atoms with Gasteiger partial charge in [-0.2, -0.15) is 0 Å². The molecule has 3 atom stereocenters. The second-order valence-corrected chi connectivity index (χ2v) is 10.6. The van der Waals surface area contributed by atoms with Crippen LogP contribution in [0.4, 0.5) is 0 Å². The van der Waals surface area contributed by atoms with Crippen LogP contribution in [0.1, 0.15) is 57.6 Å². The lowest BCUT2D eigenvalue weighted by Gasteiger charge is -2.31. The summed E-state index contributed by atoms with van der Waals surface area (Å²) in [5.41, 5.74) is 0.452. The normalized spacial score (nSPS) is 13.7. The Morgan fingerprint density at radius 3 is 2.08 bits per heavy atom. The molecule has 0 aliphatic rings. The van der Waals surface area contributed by atoms with Crippen molar-refractivity contribution >= 4 is 29.4 Å². The van der Waals surface area contributed by atoms with Crippen LogP contribution >= 0.6 is 0 Å². The van der Waals surface area contributed by atoms with Gasteiger partial charge in [-0.1, -0.05) is 52.8 Å². The molecule has 0 radical (unpaired) electrons. The summed E-state index contributed by atoms with van der Waals surface area (Å²) in [4.78, 5) is 68.0. The minimum atomic E-state index is -1.09. The van der Waals surface area contributed by atoms with Gasteiger partial charge in [0, 0.05) is 18.8 Å². The SMILES string of the molecule is CC(NC(=O)C(NC(=O)c1ccccc1)C(C)(C)C)C(=O)NC(C(=O)C(=O)NCc1cncn1C)C(C)C. The topological polar surface area (TPSA) is 151 Å². The average molecular weight is 527 g/mol. The van der Waals surface area contributed by atoms with Crippen molar-refractivity contribution in [2.24, 2.45) is 18.4 Å². The zero-order valence-electron chi connectivity index (χ0n) is 23.0. The number of carbonyl (C=O) groups excluding carboxylic acids is 5. The summed E-state index contributed by atoms with van der Waals surface area (Å²) in [6, 6.07) is 5.43. The highest BCUT2D eigenvalue weighted by Gasteiger charge is 2.35. The summed E-state index contributed by atoms with van der Waals surface area (Å²) >= 11 is 0. The third-order valence-corrected chi connectivity index (χ3v) is 6.01. The minimum Gasteiger partial charge on any atom is -0.344 e. The van der Waals surface area contributed by atoms with Gasteiger partial charge >= 0.3 is 0 Å². The van der Waals surface area contributed by atoms with Crippen LogP contribution in [-0.4, -0.2) is 57.1 Å². The van der Waals surface area contributed by atoms with Crippen molar-refractivity contribution in [3.8, 4) is 0 Å². The number of aromatic nitrogens is 2. The summed E-state index contributed by atoms with van der Waals surface area (Å²) in [6.45, 7) is 10.4. The Morgan fingerprint density at radius 1 is 0.921 bits per heavy atom. The summed E-state index contributed by atoms with van der Waals surface area (Å²) in [7, 11) is 1.76. The van der Waals surface area contributed by atoms with E-state index in [2.05, 4.69) is 26.3 Å².